The van der Waals surface area contributed by atoms with E-state index < -0.39 is 15.8 Å². The Hall–Kier alpha value is -0.880. The predicted octanol–water partition coefficient (Wildman–Crippen LogP) is 0.528. The molecule has 0 saturated carbocycles. The molecule has 0 aromatic carbocycles. The molecule has 18 heavy (non-hydrogen) atoms. The Morgan fingerprint density at radius 2 is 1.94 bits per heavy atom. The number of aliphatic carboxylic acids is 1. The topological polar surface area (TPSA) is 74.7 Å². The Labute approximate surface area is 107 Å². The molecule has 0 radical (unpaired) electrons. The van der Waals surface area contributed by atoms with Crippen molar-refractivity contribution in [2.45, 2.75) is 19.3 Å². The fraction of sp³-hybridized carbons (Fsp3) is 0.750. The SMILES string of the molecule is CN1CCC(C(=O)O)=C(C2CCS(=O)(=O)CC2)C1. The van der Waals surface area contributed by atoms with Crippen molar-refractivity contribution in [2.24, 2.45) is 5.92 Å². The van der Waals surface area contributed by atoms with Crippen LogP contribution in [0.5, 0.6) is 0 Å². The van der Waals surface area contributed by atoms with Crippen LogP contribution in [0, 0.1) is 5.92 Å². The van der Waals surface area contributed by atoms with Gasteiger partial charge in [0.2, 0.25) is 0 Å². The minimum atomic E-state index is -2.89. The lowest BCUT2D eigenvalue weighted by atomic mass is 9.86. The van der Waals surface area contributed by atoms with Crippen molar-refractivity contribution in [3.63, 3.8) is 0 Å². The largest absolute Gasteiger partial charge is 0.478 e. The molecule has 0 spiro atoms. The first kappa shape index (κ1) is 13.5. The maximum absolute atomic E-state index is 11.4. The molecule has 5 nitrogen and oxygen atoms in total. The van der Waals surface area contributed by atoms with Gasteiger partial charge in [-0.3, -0.25) is 0 Å². The summed E-state index contributed by atoms with van der Waals surface area (Å²) >= 11 is 0. The Morgan fingerprint density at radius 3 is 2.50 bits per heavy atom. The fourth-order valence-electron chi connectivity index (χ4n) is 2.79. The third-order valence-corrected chi connectivity index (χ3v) is 5.59. The molecule has 0 unspecified atom stereocenters. The number of carbonyl (C=O) groups is 1. The summed E-state index contributed by atoms with van der Waals surface area (Å²) in [4.78, 5) is 13.3. The van der Waals surface area contributed by atoms with E-state index in [-0.39, 0.29) is 17.4 Å². The monoisotopic (exact) mass is 273 g/mol. The molecular weight excluding hydrogens is 254 g/mol. The van der Waals surface area contributed by atoms with Crippen molar-refractivity contribution in [1.82, 2.24) is 4.90 Å². The molecule has 1 N–H and O–H groups in total. The molecule has 2 aliphatic heterocycles. The van der Waals surface area contributed by atoms with Crippen LogP contribution in [0.1, 0.15) is 19.3 Å². The second-order valence-electron chi connectivity index (χ2n) is 5.22. The Bertz CT molecular complexity index is 466. The van der Waals surface area contributed by atoms with Gasteiger partial charge in [0.1, 0.15) is 9.84 Å². The zero-order valence-electron chi connectivity index (χ0n) is 10.6. The lowest BCUT2D eigenvalue weighted by Crippen LogP contribution is -2.35. The predicted molar refractivity (Wildman–Crippen MR) is 68.2 cm³/mol. The van der Waals surface area contributed by atoms with Crippen molar-refractivity contribution in [3.8, 4) is 0 Å². The first-order valence-corrected chi connectivity index (χ1v) is 8.05. The van der Waals surface area contributed by atoms with Crippen molar-refractivity contribution in [2.75, 3.05) is 31.6 Å². The zero-order chi connectivity index (χ0) is 13.3. The fourth-order valence-corrected chi connectivity index (χ4v) is 4.28. The van der Waals surface area contributed by atoms with Gasteiger partial charge in [-0.2, -0.15) is 0 Å². The normalized spacial score (nSPS) is 26.3. The van der Waals surface area contributed by atoms with E-state index in [2.05, 4.69) is 4.90 Å². The number of carboxylic acids is 1. The van der Waals surface area contributed by atoms with E-state index in [4.69, 9.17) is 0 Å². The number of rotatable bonds is 2. The smallest absolute Gasteiger partial charge is 0.331 e. The summed E-state index contributed by atoms with van der Waals surface area (Å²) in [7, 11) is -0.919. The summed E-state index contributed by atoms with van der Waals surface area (Å²) in [6, 6.07) is 0. The minimum Gasteiger partial charge on any atom is -0.478 e. The molecule has 0 bridgehead atoms. The number of likely N-dealkylation sites (N-methyl/N-ethyl adjacent to an activating group) is 1. The maximum atomic E-state index is 11.4. The highest BCUT2D eigenvalue weighted by atomic mass is 32.2. The van der Waals surface area contributed by atoms with Gasteiger partial charge in [-0.25, -0.2) is 13.2 Å². The quantitative estimate of drug-likeness (QED) is 0.794. The Morgan fingerprint density at radius 1 is 1.33 bits per heavy atom. The van der Waals surface area contributed by atoms with Gasteiger partial charge in [-0.1, -0.05) is 0 Å². The molecular formula is C12H19NO4S. The van der Waals surface area contributed by atoms with Gasteiger partial charge in [0.25, 0.3) is 0 Å². The minimum absolute atomic E-state index is 0.127. The van der Waals surface area contributed by atoms with Crippen molar-refractivity contribution >= 4 is 15.8 Å². The summed E-state index contributed by atoms with van der Waals surface area (Å²) in [6.45, 7) is 1.42. The maximum Gasteiger partial charge on any atom is 0.331 e. The molecule has 0 atom stereocenters. The molecule has 1 saturated heterocycles. The number of hydrogen-bond donors (Lipinski definition) is 1. The van der Waals surface area contributed by atoms with Gasteiger partial charge in [0.15, 0.2) is 0 Å². The van der Waals surface area contributed by atoms with Gasteiger partial charge in [0, 0.05) is 18.7 Å². The summed E-state index contributed by atoms with van der Waals surface area (Å²) in [6.07, 6.45) is 1.70. The van der Waals surface area contributed by atoms with Crippen LogP contribution < -0.4 is 0 Å². The highest BCUT2D eigenvalue weighted by Gasteiger charge is 2.31. The van der Waals surface area contributed by atoms with Crippen LogP contribution in [0.3, 0.4) is 0 Å². The molecule has 2 aliphatic rings. The lowest BCUT2D eigenvalue weighted by molar-refractivity contribution is -0.133. The van der Waals surface area contributed by atoms with E-state index in [0.717, 1.165) is 12.1 Å². The Kier molecular flexibility index (Phi) is 3.77. The van der Waals surface area contributed by atoms with Gasteiger partial charge in [-0.05, 0) is 37.8 Å². The summed E-state index contributed by atoms with van der Waals surface area (Å²) in [5.74, 6) is -0.329. The second kappa shape index (κ2) is 5.01. The van der Waals surface area contributed by atoms with E-state index in [1.807, 2.05) is 7.05 Å². The van der Waals surface area contributed by atoms with Crippen molar-refractivity contribution < 1.29 is 18.3 Å². The third-order valence-electron chi connectivity index (χ3n) is 3.88. The van der Waals surface area contributed by atoms with Gasteiger partial charge in [0.05, 0.1) is 11.5 Å². The number of nitrogens with zero attached hydrogens (tertiary/aromatic N) is 1. The third kappa shape index (κ3) is 2.92. The molecule has 102 valence electrons. The first-order chi connectivity index (χ1) is 8.39. The lowest BCUT2D eigenvalue weighted by Gasteiger charge is -2.32. The van der Waals surface area contributed by atoms with E-state index in [0.29, 0.717) is 31.4 Å². The Balaban J connectivity index is 2.21. The molecule has 0 amide bonds. The first-order valence-electron chi connectivity index (χ1n) is 6.23. The van der Waals surface area contributed by atoms with Crippen LogP contribution in [0.15, 0.2) is 11.1 Å². The standard InChI is InChI=1S/C12H19NO4S/c1-13-5-2-10(12(14)15)11(8-13)9-3-6-18(16,17)7-4-9/h9H,2-8H2,1H3,(H,14,15). The van der Waals surface area contributed by atoms with E-state index in [1.165, 1.54) is 0 Å². The average Bonchev–Trinajstić information content (AvgIpc) is 2.28. The van der Waals surface area contributed by atoms with E-state index in [1.54, 1.807) is 0 Å². The molecule has 6 heteroatoms. The highest BCUT2D eigenvalue weighted by Crippen LogP contribution is 2.31. The van der Waals surface area contributed by atoms with Crippen LogP contribution in [0.4, 0.5) is 0 Å². The molecule has 0 aromatic rings. The number of hydrogen-bond acceptors (Lipinski definition) is 4. The molecule has 0 aromatic heterocycles. The number of carboxylic acid groups (broad SMARTS) is 1. The molecule has 2 rings (SSSR count). The summed E-state index contributed by atoms with van der Waals surface area (Å²) < 4.78 is 22.8. The van der Waals surface area contributed by atoms with Crippen LogP contribution >= 0.6 is 0 Å². The average molecular weight is 273 g/mol. The van der Waals surface area contributed by atoms with Crippen LogP contribution in [0.25, 0.3) is 0 Å². The van der Waals surface area contributed by atoms with Gasteiger partial charge >= 0.3 is 5.97 Å². The zero-order valence-corrected chi connectivity index (χ0v) is 11.4. The van der Waals surface area contributed by atoms with Gasteiger partial charge in [-0.15, -0.1) is 0 Å². The molecule has 0 aliphatic carbocycles. The summed E-state index contributed by atoms with van der Waals surface area (Å²) in [5.41, 5.74) is 1.46. The van der Waals surface area contributed by atoms with E-state index >= 15 is 0 Å². The molecule has 1 fully saturated rings. The van der Waals surface area contributed by atoms with Crippen LogP contribution in [0.2, 0.25) is 0 Å². The van der Waals surface area contributed by atoms with E-state index in [9.17, 15) is 18.3 Å². The molecule has 2 heterocycles. The van der Waals surface area contributed by atoms with Gasteiger partial charge < -0.3 is 10.0 Å². The second-order valence-corrected chi connectivity index (χ2v) is 7.53. The van der Waals surface area contributed by atoms with Crippen molar-refractivity contribution in [3.05, 3.63) is 11.1 Å². The van der Waals surface area contributed by atoms with Crippen molar-refractivity contribution in [1.29, 1.82) is 0 Å². The van der Waals surface area contributed by atoms with Crippen LogP contribution in [-0.2, 0) is 14.6 Å². The summed E-state index contributed by atoms with van der Waals surface area (Å²) in [5, 5.41) is 9.23. The van der Waals surface area contributed by atoms with Crippen LogP contribution in [-0.4, -0.2) is 56.0 Å². The number of sulfone groups is 1. The highest BCUT2D eigenvalue weighted by molar-refractivity contribution is 7.91.